The van der Waals surface area contributed by atoms with Crippen LogP contribution in [0.2, 0.25) is 0 Å². The summed E-state index contributed by atoms with van der Waals surface area (Å²) in [6.45, 7) is 3.33. The molecule has 1 aromatic carbocycles. The van der Waals surface area contributed by atoms with Crippen LogP contribution in [0.3, 0.4) is 0 Å². The van der Waals surface area contributed by atoms with E-state index in [1.54, 1.807) is 26.0 Å². The average molecular weight is 254 g/mol. The highest BCUT2D eigenvalue weighted by Gasteiger charge is 2.42. The lowest BCUT2D eigenvalue weighted by Crippen LogP contribution is -2.47. The number of rotatable bonds is 2. The molecule has 0 aromatic heterocycles. The van der Waals surface area contributed by atoms with Gasteiger partial charge in [0, 0.05) is 5.54 Å². The van der Waals surface area contributed by atoms with Crippen molar-refractivity contribution < 1.29 is 13.2 Å². The number of sulfonamides is 1. The van der Waals surface area contributed by atoms with E-state index in [0.717, 1.165) is 4.31 Å². The Kier molecular flexibility index (Phi) is 2.52. The van der Waals surface area contributed by atoms with Crippen molar-refractivity contribution in [2.45, 2.75) is 24.3 Å². The van der Waals surface area contributed by atoms with Crippen molar-refractivity contribution in [2.24, 2.45) is 5.73 Å². The van der Waals surface area contributed by atoms with E-state index in [-0.39, 0.29) is 17.0 Å². The van der Waals surface area contributed by atoms with Gasteiger partial charge in [-0.15, -0.1) is 0 Å². The maximum atomic E-state index is 12.1. The summed E-state index contributed by atoms with van der Waals surface area (Å²) in [5.41, 5.74) is 5.24. The van der Waals surface area contributed by atoms with E-state index in [4.69, 9.17) is 5.73 Å². The van der Waals surface area contributed by atoms with Crippen LogP contribution in [0.25, 0.3) is 0 Å². The van der Waals surface area contributed by atoms with Gasteiger partial charge < -0.3 is 5.73 Å². The summed E-state index contributed by atoms with van der Waals surface area (Å²) in [5, 5.41) is 0. The Morgan fingerprint density at radius 3 is 2.41 bits per heavy atom. The molecule has 5 nitrogen and oxygen atoms in total. The number of carbonyl (C=O) groups excluding carboxylic acids is 1. The number of benzene rings is 1. The molecule has 0 bridgehead atoms. The Hall–Kier alpha value is -1.40. The number of fused-ring (bicyclic) bond motifs is 1. The number of carbonyl (C=O) groups is 1. The molecule has 17 heavy (non-hydrogen) atoms. The highest BCUT2D eigenvalue weighted by molar-refractivity contribution is 7.90. The quantitative estimate of drug-likeness (QED) is 0.836. The maximum absolute atomic E-state index is 12.1. The van der Waals surface area contributed by atoms with Gasteiger partial charge in [-0.1, -0.05) is 12.1 Å². The fourth-order valence-electron chi connectivity index (χ4n) is 1.76. The maximum Gasteiger partial charge on any atom is 0.269 e. The van der Waals surface area contributed by atoms with Gasteiger partial charge in [0.15, 0.2) is 0 Å². The number of nitrogens with zero attached hydrogens (tertiary/aromatic N) is 1. The molecule has 1 heterocycles. The van der Waals surface area contributed by atoms with Crippen molar-refractivity contribution in [2.75, 3.05) is 6.54 Å². The van der Waals surface area contributed by atoms with Crippen molar-refractivity contribution in [3.8, 4) is 0 Å². The minimum absolute atomic E-state index is 0.0250. The number of nitrogens with two attached hydrogens (primary N) is 1. The zero-order valence-electron chi connectivity index (χ0n) is 9.67. The zero-order valence-corrected chi connectivity index (χ0v) is 10.5. The van der Waals surface area contributed by atoms with Crippen LogP contribution in [0, 0.1) is 0 Å². The normalized spacial score (nSPS) is 18.3. The Morgan fingerprint density at radius 1 is 1.29 bits per heavy atom. The number of hydrogen-bond acceptors (Lipinski definition) is 4. The SMILES string of the molecule is CC(C)(N)CN1C(=O)c2ccccc2S1(=O)=O. The molecular weight excluding hydrogens is 240 g/mol. The van der Waals surface area contributed by atoms with Crippen molar-refractivity contribution in [3.05, 3.63) is 29.8 Å². The lowest BCUT2D eigenvalue weighted by molar-refractivity contribution is 0.0854. The van der Waals surface area contributed by atoms with E-state index in [9.17, 15) is 13.2 Å². The summed E-state index contributed by atoms with van der Waals surface area (Å²) >= 11 is 0. The topological polar surface area (TPSA) is 80.5 Å². The Labute approximate surface area is 100 Å². The molecule has 0 saturated carbocycles. The van der Waals surface area contributed by atoms with E-state index in [2.05, 4.69) is 0 Å². The molecule has 0 spiro atoms. The third kappa shape index (κ3) is 1.94. The third-order valence-electron chi connectivity index (χ3n) is 2.46. The second-order valence-electron chi connectivity index (χ2n) is 4.80. The second-order valence-corrected chi connectivity index (χ2v) is 6.63. The van der Waals surface area contributed by atoms with E-state index in [1.165, 1.54) is 12.1 Å². The van der Waals surface area contributed by atoms with Crippen molar-refractivity contribution in [3.63, 3.8) is 0 Å². The van der Waals surface area contributed by atoms with Gasteiger partial charge in [0.1, 0.15) is 4.90 Å². The molecule has 92 valence electrons. The fraction of sp³-hybridized carbons (Fsp3) is 0.364. The van der Waals surface area contributed by atoms with Crippen LogP contribution in [0.5, 0.6) is 0 Å². The van der Waals surface area contributed by atoms with Gasteiger partial charge in [0.2, 0.25) is 0 Å². The third-order valence-corrected chi connectivity index (χ3v) is 4.25. The second kappa shape index (κ2) is 3.54. The molecule has 2 rings (SSSR count). The molecule has 1 amide bonds. The molecule has 1 aliphatic rings. The van der Waals surface area contributed by atoms with Crippen LogP contribution >= 0.6 is 0 Å². The van der Waals surface area contributed by atoms with Crippen LogP contribution in [0.1, 0.15) is 24.2 Å². The Morgan fingerprint density at radius 2 is 1.88 bits per heavy atom. The first-order chi connectivity index (χ1) is 7.73. The smallest absolute Gasteiger partial charge is 0.269 e. The van der Waals surface area contributed by atoms with E-state index in [0.29, 0.717) is 0 Å². The molecule has 0 atom stereocenters. The summed E-state index contributed by atoms with van der Waals surface area (Å²) in [7, 11) is -3.72. The lowest BCUT2D eigenvalue weighted by atomic mass is 10.1. The number of hydrogen-bond donors (Lipinski definition) is 1. The van der Waals surface area contributed by atoms with Gasteiger partial charge in [0.05, 0.1) is 12.1 Å². The summed E-state index contributed by atoms with van der Waals surface area (Å²) in [6.07, 6.45) is 0. The van der Waals surface area contributed by atoms with E-state index < -0.39 is 21.5 Å². The number of amides is 1. The van der Waals surface area contributed by atoms with Crippen molar-refractivity contribution in [1.82, 2.24) is 4.31 Å². The standard InChI is InChI=1S/C11H14N2O3S/c1-11(2,12)7-13-10(14)8-5-3-4-6-9(8)17(13,15)16/h3-6H,7,12H2,1-2H3. The lowest BCUT2D eigenvalue weighted by Gasteiger charge is -2.25. The minimum atomic E-state index is -3.72. The monoisotopic (exact) mass is 254 g/mol. The molecule has 6 heteroatoms. The summed E-state index contributed by atoms with van der Waals surface area (Å²) < 4.78 is 25.1. The highest BCUT2D eigenvalue weighted by atomic mass is 32.2. The Bertz CT molecular complexity index is 573. The van der Waals surface area contributed by atoms with Crippen LogP contribution in [0.15, 0.2) is 29.2 Å². The van der Waals surface area contributed by atoms with Crippen molar-refractivity contribution in [1.29, 1.82) is 0 Å². The predicted octanol–water partition coefficient (Wildman–Crippen LogP) is 0.568. The molecule has 0 unspecified atom stereocenters. The first kappa shape index (κ1) is 12.1. The molecule has 1 aliphatic heterocycles. The molecule has 0 saturated heterocycles. The molecule has 0 aliphatic carbocycles. The fourth-order valence-corrected chi connectivity index (χ4v) is 3.50. The zero-order chi connectivity index (χ0) is 12.8. The van der Waals surface area contributed by atoms with Gasteiger partial charge in [-0.25, -0.2) is 12.7 Å². The largest absolute Gasteiger partial charge is 0.324 e. The van der Waals surface area contributed by atoms with Crippen LogP contribution < -0.4 is 5.73 Å². The molecule has 2 N–H and O–H groups in total. The predicted molar refractivity (Wildman–Crippen MR) is 62.9 cm³/mol. The molecule has 0 fully saturated rings. The van der Waals surface area contributed by atoms with Gasteiger partial charge in [-0.05, 0) is 26.0 Å². The summed E-state index contributed by atoms with van der Waals surface area (Å²) in [6, 6.07) is 6.19. The first-order valence-electron chi connectivity index (χ1n) is 5.18. The average Bonchev–Trinajstić information content (AvgIpc) is 2.39. The molecular formula is C11H14N2O3S. The van der Waals surface area contributed by atoms with Crippen LogP contribution in [-0.4, -0.2) is 30.7 Å². The van der Waals surface area contributed by atoms with Gasteiger partial charge in [-0.2, -0.15) is 0 Å². The molecule has 1 aromatic rings. The highest BCUT2D eigenvalue weighted by Crippen LogP contribution is 2.30. The summed E-state index contributed by atoms with van der Waals surface area (Å²) in [5.74, 6) is -0.501. The van der Waals surface area contributed by atoms with Gasteiger partial charge in [0.25, 0.3) is 15.9 Å². The minimum Gasteiger partial charge on any atom is -0.324 e. The van der Waals surface area contributed by atoms with E-state index >= 15 is 0 Å². The first-order valence-corrected chi connectivity index (χ1v) is 6.62. The van der Waals surface area contributed by atoms with Crippen LogP contribution in [-0.2, 0) is 10.0 Å². The van der Waals surface area contributed by atoms with Gasteiger partial charge >= 0.3 is 0 Å². The Balaban J connectivity index is 2.52. The van der Waals surface area contributed by atoms with Gasteiger partial charge in [-0.3, -0.25) is 4.79 Å². The van der Waals surface area contributed by atoms with Crippen molar-refractivity contribution >= 4 is 15.9 Å². The molecule has 0 radical (unpaired) electrons. The summed E-state index contributed by atoms with van der Waals surface area (Å²) in [4.78, 5) is 12.0. The van der Waals surface area contributed by atoms with E-state index in [1.807, 2.05) is 0 Å². The van der Waals surface area contributed by atoms with Crippen LogP contribution in [0.4, 0.5) is 0 Å².